The summed E-state index contributed by atoms with van der Waals surface area (Å²) in [6.45, 7) is 1.93. The van der Waals surface area contributed by atoms with Gasteiger partial charge >= 0.3 is 0 Å². The predicted molar refractivity (Wildman–Crippen MR) is 123 cm³/mol. The number of carbonyl (C=O) groups is 1. The van der Waals surface area contributed by atoms with Gasteiger partial charge in [-0.25, -0.2) is 4.98 Å². The lowest BCUT2D eigenvalue weighted by Crippen LogP contribution is -2.23. The molecule has 31 heavy (non-hydrogen) atoms. The van der Waals surface area contributed by atoms with E-state index >= 15 is 0 Å². The summed E-state index contributed by atoms with van der Waals surface area (Å²) in [4.78, 5) is 30.4. The summed E-state index contributed by atoms with van der Waals surface area (Å²) in [6, 6.07) is 23.5. The molecule has 1 heterocycles. The Morgan fingerprint density at radius 3 is 2.52 bits per heavy atom. The second-order valence-corrected chi connectivity index (χ2v) is 7.81. The maximum absolute atomic E-state index is 13.3. The first-order valence-corrected chi connectivity index (χ1v) is 10.6. The Kier molecular flexibility index (Phi) is 5.83. The predicted octanol–water partition coefficient (Wildman–Crippen LogP) is 4.30. The monoisotopic (exact) mass is 426 g/mol. The molecule has 0 atom stereocenters. The number of carbonyl (C=O) groups excluding carboxylic acids is 1. The molecule has 4 rings (SSSR count). The van der Waals surface area contributed by atoms with Gasteiger partial charge in [0.05, 0.1) is 34.0 Å². The highest BCUT2D eigenvalue weighted by atomic mass is 32.2. The lowest BCUT2D eigenvalue weighted by Gasteiger charge is -2.15. The number of fused-ring (bicyclic) bond motifs is 1. The van der Waals surface area contributed by atoms with Gasteiger partial charge in [0.1, 0.15) is 0 Å². The van der Waals surface area contributed by atoms with Crippen LogP contribution in [0.4, 0.5) is 5.69 Å². The fraction of sp³-hybridized carbons (Fsp3) is 0.0833. The van der Waals surface area contributed by atoms with Crippen molar-refractivity contribution < 1.29 is 4.79 Å². The van der Waals surface area contributed by atoms with Crippen LogP contribution in [0, 0.1) is 18.3 Å². The van der Waals surface area contributed by atoms with E-state index in [1.165, 1.54) is 11.8 Å². The van der Waals surface area contributed by atoms with Crippen molar-refractivity contribution in [1.82, 2.24) is 9.55 Å². The number of aryl methyl sites for hydroxylation is 1. The van der Waals surface area contributed by atoms with Crippen molar-refractivity contribution in [3.8, 4) is 11.8 Å². The van der Waals surface area contributed by atoms with Crippen molar-refractivity contribution in [2.24, 2.45) is 0 Å². The Hall–Kier alpha value is -3.89. The Labute approximate surface area is 183 Å². The minimum absolute atomic E-state index is 0.0800. The van der Waals surface area contributed by atoms with Crippen molar-refractivity contribution in [2.75, 3.05) is 11.1 Å². The van der Waals surface area contributed by atoms with Crippen LogP contribution >= 0.6 is 11.8 Å². The van der Waals surface area contributed by atoms with Crippen molar-refractivity contribution in [3.63, 3.8) is 0 Å². The van der Waals surface area contributed by atoms with Gasteiger partial charge in [0.15, 0.2) is 5.16 Å². The number of nitriles is 1. The van der Waals surface area contributed by atoms with E-state index in [0.717, 1.165) is 11.3 Å². The number of thioether (sulfide) groups is 1. The first-order valence-electron chi connectivity index (χ1n) is 9.57. The Morgan fingerprint density at radius 2 is 1.77 bits per heavy atom. The summed E-state index contributed by atoms with van der Waals surface area (Å²) in [5.74, 6) is -0.148. The van der Waals surface area contributed by atoms with Crippen molar-refractivity contribution in [1.29, 1.82) is 5.26 Å². The van der Waals surface area contributed by atoms with Crippen LogP contribution in [0.5, 0.6) is 0 Å². The van der Waals surface area contributed by atoms with E-state index in [0.29, 0.717) is 27.3 Å². The van der Waals surface area contributed by atoms with Crippen molar-refractivity contribution in [3.05, 3.63) is 94.3 Å². The maximum Gasteiger partial charge on any atom is 0.266 e. The minimum Gasteiger partial charge on any atom is -0.325 e. The number of hydrogen-bond acceptors (Lipinski definition) is 5. The molecule has 0 saturated carbocycles. The third-order valence-corrected chi connectivity index (χ3v) is 5.67. The first-order chi connectivity index (χ1) is 15.1. The molecule has 0 aliphatic carbocycles. The molecule has 0 aliphatic rings. The van der Waals surface area contributed by atoms with Crippen LogP contribution in [-0.2, 0) is 4.79 Å². The lowest BCUT2D eigenvalue weighted by atomic mass is 10.2. The fourth-order valence-corrected chi connectivity index (χ4v) is 4.00. The van der Waals surface area contributed by atoms with Gasteiger partial charge in [-0.1, -0.05) is 42.1 Å². The van der Waals surface area contributed by atoms with E-state index < -0.39 is 0 Å². The van der Waals surface area contributed by atoms with Gasteiger partial charge in [-0.3, -0.25) is 14.2 Å². The van der Waals surface area contributed by atoms with Crippen molar-refractivity contribution in [2.45, 2.75) is 12.1 Å². The number of anilines is 1. The van der Waals surface area contributed by atoms with Gasteiger partial charge in [-0.15, -0.1) is 0 Å². The standard InChI is InChI=1S/C24H18N4O2S/c1-16-6-2-5-9-21(16)28-23(30)19-7-3-4-8-20(19)27-24(28)31-15-22(29)26-18-12-10-17(14-25)11-13-18/h2-13H,15H2,1H3,(H,26,29). The van der Waals surface area contributed by atoms with Gasteiger partial charge in [0, 0.05) is 5.69 Å². The molecule has 152 valence electrons. The zero-order chi connectivity index (χ0) is 21.8. The fourth-order valence-electron chi connectivity index (χ4n) is 3.19. The first kappa shape index (κ1) is 20.4. The number of rotatable bonds is 5. The molecule has 0 aliphatic heterocycles. The van der Waals surface area contributed by atoms with Crippen LogP contribution in [0.3, 0.4) is 0 Å². The third-order valence-electron chi connectivity index (χ3n) is 4.73. The number of amides is 1. The minimum atomic E-state index is -0.228. The number of para-hydroxylation sites is 2. The highest BCUT2D eigenvalue weighted by molar-refractivity contribution is 7.99. The average Bonchev–Trinajstić information content (AvgIpc) is 2.79. The van der Waals surface area contributed by atoms with Crippen LogP contribution < -0.4 is 10.9 Å². The van der Waals surface area contributed by atoms with E-state index in [4.69, 9.17) is 5.26 Å². The molecule has 4 aromatic rings. The van der Waals surface area contributed by atoms with Gasteiger partial charge < -0.3 is 5.32 Å². The average molecular weight is 427 g/mol. The lowest BCUT2D eigenvalue weighted by molar-refractivity contribution is -0.113. The molecule has 7 heteroatoms. The van der Waals surface area contributed by atoms with Crippen LogP contribution in [0.2, 0.25) is 0 Å². The molecule has 0 saturated heterocycles. The van der Waals surface area contributed by atoms with E-state index in [2.05, 4.69) is 10.3 Å². The molecule has 0 bridgehead atoms. The number of nitrogens with one attached hydrogen (secondary N) is 1. The summed E-state index contributed by atoms with van der Waals surface area (Å²) in [5.41, 5.74) is 3.22. The Morgan fingerprint density at radius 1 is 1.06 bits per heavy atom. The number of benzene rings is 3. The van der Waals surface area contributed by atoms with Crippen LogP contribution in [0.1, 0.15) is 11.1 Å². The largest absolute Gasteiger partial charge is 0.325 e. The molecule has 0 radical (unpaired) electrons. The SMILES string of the molecule is Cc1ccccc1-n1c(SCC(=O)Nc2ccc(C#N)cc2)nc2ccccc2c1=O. The highest BCUT2D eigenvalue weighted by Crippen LogP contribution is 2.23. The molecule has 6 nitrogen and oxygen atoms in total. The van der Waals surface area contributed by atoms with Gasteiger partial charge in [-0.05, 0) is 55.0 Å². The molecule has 0 unspecified atom stereocenters. The van der Waals surface area contributed by atoms with Crippen molar-refractivity contribution >= 4 is 34.3 Å². The number of aromatic nitrogens is 2. The zero-order valence-electron chi connectivity index (χ0n) is 16.7. The quantitative estimate of drug-likeness (QED) is 0.380. The van der Waals surface area contributed by atoms with Crippen LogP contribution in [0.25, 0.3) is 16.6 Å². The third kappa shape index (κ3) is 4.34. The summed E-state index contributed by atoms with van der Waals surface area (Å²) < 4.78 is 1.57. The molecule has 1 amide bonds. The van der Waals surface area contributed by atoms with E-state index in [9.17, 15) is 9.59 Å². The summed E-state index contributed by atoms with van der Waals surface area (Å²) >= 11 is 1.20. The molecule has 1 aromatic heterocycles. The molecule has 1 N–H and O–H groups in total. The van der Waals surface area contributed by atoms with Gasteiger partial charge in [-0.2, -0.15) is 5.26 Å². The van der Waals surface area contributed by atoms with Crippen LogP contribution in [-0.4, -0.2) is 21.2 Å². The molecular formula is C24H18N4O2S. The van der Waals surface area contributed by atoms with Crippen LogP contribution in [0.15, 0.2) is 82.7 Å². The molecule has 0 fully saturated rings. The Bertz CT molecular complexity index is 1370. The van der Waals surface area contributed by atoms with Gasteiger partial charge in [0.2, 0.25) is 5.91 Å². The topological polar surface area (TPSA) is 87.8 Å². The molecule has 0 spiro atoms. The number of nitrogens with zero attached hydrogens (tertiary/aromatic N) is 3. The highest BCUT2D eigenvalue weighted by Gasteiger charge is 2.16. The second kappa shape index (κ2) is 8.86. The van der Waals surface area contributed by atoms with E-state index in [1.54, 1.807) is 41.0 Å². The maximum atomic E-state index is 13.3. The Balaban J connectivity index is 1.65. The molecule has 3 aromatic carbocycles. The summed E-state index contributed by atoms with van der Waals surface area (Å²) in [6.07, 6.45) is 0. The van der Waals surface area contributed by atoms with E-state index in [-0.39, 0.29) is 17.2 Å². The normalized spacial score (nSPS) is 10.6. The molecular weight excluding hydrogens is 408 g/mol. The van der Waals surface area contributed by atoms with Gasteiger partial charge in [0.25, 0.3) is 5.56 Å². The number of hydrogen-bond donors (Lipinski definition) is 1. The smallest absolute Gasteiger partial charge is 0.266 e. The second-order valence-electron chi connectivity index (χ2n) is 6.86. The summed E-state index contributed by atoms with van der Waals surface area (Å²) in [7, 11) is 0. The van der Waals surface area contributed by atoms with E-state index in [1.807, 2.05) is 49.4 Å². The zero-order valence-corrected chi connectivity index (χ0v) is 17.5. The summed E-state index contributed by atoms with van der Waals surface area (Å²) in [5, 5.41) is 12.7.